The first-order valence-corrected chi connectivity index (χ1v) is 4.21. The van der Waals surface area contributed by atoms with Gasteiger partial charge in [-0.25, -0.2) is 0 Å². The molecule has 5 heteroatoms. The molecule has 0 amide bonds. The minimum atomic E-state index is 0.467. The van der Waals surface area contributed by atoms with Crippen LogP contribution in [0.15, 0.2) is 0 Å². The van der Waals surface area contributed by atoms with Crippen LogP contribution < -0.4 is 0 Å². The maximum atomic E-state index is 4.67. The Morgan fingerprint density at radius 3 is 2.30 bits per heavy atom. The third-order valence-corrected chi connectivity index (χ3v) is 1.38. The van der Waals surface area contributed by atoms with E-state index in [1.165, 1.54) is 0 Å². The first-order valence-electron chi connectivity index (χ1n) is 3.39. The first-order chi connectivity index (χ1) is 4.85. The SMILES string of the molecule is CCN(CC)COOO[SiH3]. The average molecular weight is 165 g/mol. The lowest BCUT2D eigenvalue weighted by Crippen LogP contribution is -2.25. The fourth-order valence-electron chi connectivity index (χ4n) is 0.550. The van der Waals surface area contributed by atoms with Crippen molar-refractivity contribution in [1.29, 1.82) is 0 Å². The zero-order chi connectivity index (χ0) is 7.82. The molecule has 0 aliphatic rings. The van der Waals surface area contributed by atoms with Crippen LogP contribution in [0.25, 0.3) is 0 Å². The van der Waals surface area contributed by atoms with Gasteiger partial charge in [-0.3, -0.25) is 9.48 Å². The molecule has 0 N–H and O–H groups in total. The molecule has 0 fully saturated rings. The Hall–Kier alpha value is 0.0569. The highest BCUT2D eigenvalue weighted by molar-refractivity contribution is 5.97. The highest BCUT2D eigenvalue weighted by Gasteiger charge is 1.97. The van der Waals surface area contributed by atoms with Crippen LogP contribution in [0.2, 0.25) is 0 Å². The number of hydrogen-bond donors (Lipinski definition) is 0. The highest BCUT2D eigenvalue weighted by Crippen LogP contribution is 1.87. The van der Waals surface area contributed by atoms with E-state index in [9.17, 15) is 0 Å². The van der Waals surface area contributed by atoms with Crippen molar-refractivity contribution >= 4 is 10.5 Å². The predicted octanol–water partition coefficient (Wildman–Crippen LogP) is -0.554. The van der Waals surface area contributed by atoms with Crippen LogP contribution in [0.3, 0.4) is 0 Å². The summed E-state index contributed by atoms with van der Waals surface area (Å²) in [4.78, 5) is 6.74. The van der Waals surface area contributed by atoms with Gasteiger partial charge >= 0.3 is 0 Å². The fourth-order valence-corrected chi connectivity index (χ4v) is 0.647. The lowest BCUT2D eigenvalue weighted by molar-refractivity contribution is -0.476. The molecular formula is C5H15NO3Si. The molecule has 10 heavy (non-hydrogen) atoms. The molecule has 0 radical (unpaired) electrons. The Balaban J connectivity index is 3.09. The predicted molar refractivity (Wildman–Crippen MR) is 41.0 cm³/mol. The smallest absolute Gasteiger partial charge is 0.197 e. The zero-order valence-electron chi connectivity index (χ0n) is 6.79. The van der Waals surface area contributed by atoms with Crippen molar-refractivity contribution in [3.8, 4) is 0 Å². The van der Waals surface area contributed by atoms with E-state index in [1.807, 2.05) is 0 Å². The Kier molecular flexibility index (Phi) is 7.21. The number of hydrogen-bond acceptors (Lipinski definition) is 4. The molecule has 62 valence electrons. The monoisotopic (exact) mass is 165 g/mol. The van der Waals surface area contributed by atoms with Crippen molar-refractivity contribution in [1.82, 2.24) is 4.90 Å². The molecule has 0 aliphatic heterocycles. The van der Waals surface area contributed by atoms with Crippen molar-refractivity contribution in [2.45, 2.75) is 13.8 Å². The molecule has 0 aliphatic carbocycles. The summed E-state index contributed by atoms with van der Waals surface area (Å²) in [6, 6.07) is 0. The van der Waals surface area contributed by atoms with Crippen LogP contribution in [0.1, 0.15) is 13.8 Å². The van der Waals surface area contributed by atoms with E-state index in [0.717, 1.165) is 13.1 Å². The van der Waals surface area contributed by atoms with Crippen LogP contribution in [0, 0.1) is 0 Å². The largest absolute Gasteiger partial charge is 0.279 e. The van der Waals surface area contributed by atoms with Gasteiger partial charge in [-0.15, -0.1) is 0 Å². The molecule has 0 unspecified atom stereocenters. The van der Waals surface area contributed by atoms with Crippen molar-refractivity contribution in [2.75, 3.05) is 19.8 Å². The van der Waals surface area contributed by atoms with Gasteiger partial charge in [0, 0.05) is 0 Å². The maximum Gasteiger partial charge on any atom is 0.197 e. The summed E-state index contributed by atoms with van der Waals surface area (Å²) in [5, 5.41) is 4.29. The molecule has 0 saturated heterocycles. The average Bonchev–Trinajstić information content (AvgIpc) is 1.99. The third-order valence-electron chi connectivity index (χ3n) is 1.25. The molecule has 4 nitrogen and oxygen atoms in total. The van der Waals surface area contributed by atoms with Gasteiger partial charge in [-0.1, -0.05) is 18.9 Å². The fraction of sp³-hybridized carbons (Fsp3) is 1.00. The Morgan fingerprint density at radius 2 is 1.90 bits per heavy atom. The van der Waals surface area contributed by atoms with Gasteiger partial charge in [0.25, 0.3) is 0 Å². The minimum absolute atomic E-state index is 0.467. The van der Waals surface area contributed by atoms with Crippen LogP contribution in [-0.4, -0.2) is 35.2 Å². The second-order valence-electron chi connectivity index (χ2n) is 1.78. The van der Waals surface area contributed by atoms with Gasteiger partial charge in [0.15, 0.2) is 10.5 Å². The Morgan fingerprint density at radius 1 is 1.30 bits per heavy atom. The second kappa shape index (κ2) is 7.17. The lowest BCUT2D eigenvalue weighted by atomic mass is 10.6. The summed E-state index contributed by atoms with van der Waals surface area (Å²) in [5.74, 6) is 0. The van der Waals surface area contributed by atoms with Crippen molar-refractivity contribution in [3.63, 3.8) is 0 Å². The summed E-state index contributed by atoms with van der Waals surface area (Å²) < 4.78 is 4.37. The van der Waals surface area contributed by atoms with Gasteiger partial charge in [0.2, 0.25) is 0 Å². The third kappa shape index (κ3) is 4.89. The first kappa shape index (κ1) is 10.1. The van der Waals surface area contributed by atoms with Crippen LogP contribution in [-0.2, 0) is 14.5 Å². The topological polar surface area (TPSA) is 30.9 Å². The van der Waals surface area contributed by atoms with Crippen molar-refractivity contribution < 1.29 is 14.5 Å². The van der Waals surface area contributed by atoms with Crippen LogP contribution >= 0.6 is 0 Å². The highest BCUT2D eigenvalue weighted by atomic mass is 28.2. The van der Waals surface area contributed by atoms with E-state index in [4.69, 9.17) is 0 Å². The van der Waals surface area contributed by atoms with E-state index in [1.54, 1.807) is 0 Å². The molecular weight excluding hydrogens is 150 g/mol. The maximum absolute atomic E-state index is 4.67. The van der Waals surface area contributed by atoms with Gasteiger partial charge in [0.05, 0.1) is 0 Å². The molecule has 0 aromatic carbocycles. The zero-order valence-corrected chi connectivity index (χ0v) is 8.79. The van der Waals surface area contributed by atoms with E-state index in [2.05, 4.69) is 33.2 Å². The summed E-state index contributed by atoms with van der Waals surface area (Å²) in [6.45, 7) is 6.51. The van der Waals surface area contributed by atoms with E-state index >= 15 is 0 Å². The summed E-state index contributed by atoms with van der Waals surface area (Å²) in [7, 11) is 0.536. The van der Waals surface area contributed by atoms with Crippen LogP contribution in [0.4, 0.5) is 0 Å². The van der Waals surface area contributed by atoms with Gasteiger partial charge in [0.1, 0.15) is 6.73 Å². The summed E-state index contributed by atoms with van der Waals surface area (Å²) >= 11 is 0. The Bertz CT molecular complexity index is 69.9. The standard InChI is InChI=1S/C5H15NO3Si/c1-3-6(4-2)5-7-8-9-10/h3-5H2,1-2,10H3. The van der Waals surface area contributed by atoms with Crippen LogP contribution in [0.5, 0.6) is 0 Å². The molecule has 0 spiro atoms. The molecule has 0 aromatic rings. The number of nitrogens with zero attached hydrogens (tertiary/aromatic N) is 1. The molecule has 0 rings (SSSR count). The molecule has 0 heterocycles. The van der Waals surface area contributed by atoms with Crippen molar-refractivity contribution in [2.24, 2.45) is 0 Å². The molecule has 0 atom stereocenters. The molecule has 0 aromatic heterocycles. The van der Waals surface area contributed by atoms with Crippen molar-refractivity contribution in [3.05, 3.63) is 0 Å². The Labute approximate surface area is 64.5 Å². The van der Waals surface area contributed by atoms with Gasteiger partial charge in [-0.05, 0) is 13.1 Å². The molecule has 0 bridgehead atoms. The minimum Gasteiger partial charge on any atom is -0.279 e. The summed E-state index contributed by atoms with van der Waals surface area (Å²) in [5.41, 5.74) is 0. The second-order valence-corrected chi connectivity index (χ2v) is 2.12. The van der Waals surface area contributed by atoms with E-state index < -0.39 is 0 Å². The van der Waals surface area contributed by atoms with Gasteiger partial charge < -0.3 is 0 Å². The van der Waals surface area contributed by atoms with Gasteiger partial charge in [-0.2, -0.15) is 4.89 Å². The molecule has 0 saturated carbocycles. The lowest BCUT2D eigenvalue weighted by Gasteiger charge is -2.15. The normalized spacial score (nSPS) is 11.1. The number of rotatable bonds is 6. The van der Waals surface area contributed by atoms with E-state index in [-0.39, 0.29) is 0 Å². The summed E-state index contributed by atoms with van der Waals surface area (Å²) in [6.07, 6.45) is 0. The quantitative estimate of drug-likeness (QED) is 0.174. The van der Waals surface area contributed by atoms with E-state index in [0.29, 0.717) is 17.2 Å².